The van der Waals surface area contributed by atoms with Crippen molar-refractivity contribution >= 4 is 35.0 Å². The molecule has 4 heterocycles. The number of allylic oxidation sites excluding steroid dienone is 1. The zero-order valence-corrected chi connectivity index (χ0v) is 15.0. The molecule has 7 heteroatoms. The second kappa shape index (κ2) is 5.71. The molecule has 0 spiro atoms. The van der Waals surface area contributed by atoms with Gasteiger partial charge in [0.25, 0.3) is 0 Å². The van der Waals surface area contributed by atoms with Gasteiger partial charge in [0.2, 0.25) is 0 Å². The minimum atomic E-state index is 0.0558. The van der Waals surface area contributed by atoms with Gasteiger partial charge in [0, 0.05) is 42.1 Å². The summed E-state index contributed by atoms with van der Waals surface area (Å²) in [5.41, 5.74) is 2.29. The Morgan fingerprint density at radius 2 is 2.12 bits per heavy atom. The molecule has 0 bridgehead atoms. The zero-order chi connectivity index (χ0) is 17.0. The van der Waals surface area contributed by atoms with E-state index in [2.05, 4.69) is 42.7 Å². The highest BCUT2D eigenvalue weighted by atomic mass is 35.5. The summed E-state index contributed by atoms with van der Waals surface area (Å²) in [6.45, 7) is 1.80. The molecule has 5 nitrogen and oxygen atoms in total. The molecule has 1 fully saturated rings. The van der Waals surface area contributed by atoms with Gasteiger partial charge < -0.3 is 19.3 Å². The van der Waals surface area contributed by atoms with Crippen molar-refractivity contribution in [3.8, 4) is 0 Å². The molecular weight excluding hydrogens is 357 g/mol. The van der Waals surface area contributed by atoms with E-state index in [1.807, 2.05) is 30.6 Å². The monoisotopic (exact) mass is 373 g/mol. The van der Waals surface area contributed by atoms with Crippen LogP contribution in [-0.4, -0.2) is 32.2 Å². The van der Waals surface area contributed by atoms with Crippen LogP contribution < -0.4 is 4.90 Å². The fourth-order valence-corrected chi connectivity index (χ4v) is 4.23. The normalized spacial score (nSPS) is 21.6. The van der Waals surface area contributed by atoms with Crippen LogP contribution in [0.25, 0.3) is 6.08 Å². The Labute approximate surface area is 156 Å². The van der Waals surface area contributed by atoms with Crippen molar-refractivity contribution in [1.82, 2.24) is 19.4 Å². The maximum Gasteiger partial charge on any atom is 0.186 e. The topological polar surface area (TPSA) is 27.5 Å². The minimum absolute atomic E-state index is 0.0558. The van der Waals surface area contributed by atoms with Crippen LogP contribution in [0.1, 0.15) is 18.7 Å². The first-order valence-corrected chi connectivity index (χ1v) is 9.12. The molecule has 0 saturated carbocycles. The van der Waals surface area contributed by atoms with Gasteiger partial charge in [-0.2, -0.15) is 0 Å². The molecule has 0 amide bonds. The lowest BCUT2D eigenvalue weighted by Crippen LogP contribution is -2.51. The Hall–Kier alpha value is -2.11. The maximum absolute atomic E-state index is 6.50. The molecule has 3 aliphatic heterocycles. The number of hydrogen-bond donors (Lipinski definition) is 0. The van der Waals surface area contributed by atoms with E-state index in [0.717, 1.165) is 31.1 Å². The molecule has 1 saturated heterocycles. The van der Waals surface area contributed by atoms with E-state index >= 15 is 0 Å². The van der Waals surface area contributed by atoms with Crippen LogP contribution in [0.4, 0.5) is 5.69 Å². The number of anilines is 1. The molecule has 0 N–H and O–H groups in total. The van der Waals surface area contributed by atoms with E-state index in [1.165, 1.54) is 12.1 Å². The molecule has 5 rings (SSSR count). The summed E-state index contributed by atoms with van der Waals surface area (Å²) in [5.74, 6) is 0.983. The number of halogens is 2. The van der Waals surface area contributed by atoms with E-state index in [4.69, 9.17) is 23.2 Å². The van der Waals surface area contributed by atoms with Crippen LogP contribution in [0.3, 0.4) is 0 Å². The minimum Gasteiger partial charge on any atom is -0.336 e. The summed E-state index contributed by atoms with van der Waals surface area (Å²) in [6, 6.07) is 5.62. The molecule has 0 radical (unpaired) electrons. The van der Waals surface area contributed by atoms with Crippen molar-refractivity contribution in [3.63, 3.8) is 0 Å². The average molecular weight is 374 g/mol. The predicted molar refractivity (Wildman–Crippen MR) is 99.9 cm³/mol. The van der Waals surface area contributed by atoms with Gasteiger partial charge in [0.15, 0.2) is 6.29 Å². The maximum atomic E-state index is 6.50. The third-order valence-electron chi connectivity index (χ3n) is 4.98. The molecular formula is C18H17Cl2N5. The van der Waals surface area contributed by atoms with E-state index < -0.39 is 0 Å². The smallest absolute Gasteiger partial charge is 0.186 e. The van der Waals surface area contributed by atoms with Gasteiger partial charge in [-0.05, 0) is 37.1 Å². The van der Waals surface area contributed by atoms with Gasteiger partial charge in [-0.1, -0.05) is 23.2 Å². The number of aromatic nitrogens is 2. The highest BCUT2D eigenvalue weighted by Crippen LogP contribution is 2.40. The van der Waals surface area contributed by atoms with E-state index in [9.17, 15) is 0 Å². The number of rotatable bonds is 2. The zero-order valence-electron chi connectivity index (χ0n) is 13.5. The van der Waals surface area contributed by atoms with Gasteiger partial charge in [0.1, 0.15) is 5.82 Å². The molecule has 1 unspecified atom stereocenters. The Morgan fingerprint density at radius 3 is 3.04 bits per heavy atom. The first kappa shape index (κ1) is 15.2. The van der Waals surface area contributed by atoms with E-state index in [-0.39, 0.29) is 6.29 Å². The number of benzene rings is 1. The Bertz CT molecular complexity index is 887. The number of hydrogen-bond acceptors (Lipinski definition) is 4. The third kappa shape index (κ3) is 2.41. The van der Waals surface area contributed by atoms with Crippen LogP contribution in [0, 0.1) is 0 Å². The first-order valence-electron chi connectivity index (χ1n) is 8.36. The summed E-state index contributed by atoms with van der Waals surface area (Å²) >= 11 is 12.7. The van der Waals surface area contributed by atoms with Crippen molar-refractivity contribution in [2.75, 3.05) is 11.4 Å². The largest absolute Gasteiger partial charge is 0.336 e. The molecule has 2 aromatic rings. The van der Waals surface area contributed by atoms with Crippen molar-refractivity contribution in [3.05, 3.63) is 64.6 Å². The second-order valence-corrected chi connectivity index (χ2v) is 7.34. The summed E-state index contributed by atoms with van der Waals surface area (Å²) in [4.78, 5) is 11.3. The van der Waals surface area contributed by atoms with Gasteiger partial charge in [-0.15, -0.1) is 0 Å². The SMILES string of the molecule is Clc1ccc(Cl)c(N2C=C3CCCN3C2N2C=Cc3nccn3C2)c1. The molecule has 1 aromatic carbocycles. The van der Waals surface area contributed by atoms with Crippen molar-refractivity contribution in [2.45, 2.75) is 25.8 Å². The summed E-state index contributed by atoms with van der Waals surface area (Å²) in [6.07, 6.45) is 12.6. The van der Waals surface area contributed by atoms with Crippen LogP contribution in [0.15, 0.2) is 48.7 Å². The van der Waals surface area contributed by atoms with Crippen molar-refractivity contribution < 1.29 is 0 Å². The standard InChI is InChI=1S/C18H17Cl2N5/c19-13-3-4-15(20)16(10-13)25-11-14-2-1-7-24(14)18(25)23-8-5-17-21-6-9-22(17)12-23/h3-6,8-11,18H,1-2,7,12H2. The van der Waals surface area contributed by atoms with Crippen LogP contribution in [-0.2, 0) is 6.67 Å². The van der Waals surface area contributed by atoms with E-state index in [1.54, 1.807) is 0 Å². The molecule has 25 heavy (non-hydrogen) atoms. The number of fused-ring (bicyclic) bond motifs is 2. The van der Waals surface area contributed by atoms with Crippen LogP contribution >= 0.6 is 23.2 Å². The van der Waals surface area contributed by atoms with Gasteiger partial charge in [-0.3, -0.25) is 0 Å². The predicted octanol–water partition coefficient (Wildman–Crippen LogP) is 4.17. The number of imidazole rings is 1. The summed E-state index contributed by atoms with van der Waals surface area (Å²) in [7, 11) is 0. The Balaban J connectivity index is 1.55. The molecule has 1 aromatic heterocycles. The molecule has 3 aliphatic rings. The average Bonchev–Trinajstić information content (AvgIpc) is 3.30. The summed E-state index contributed by atoms with van der Waals surface area (Å²) < 4.78 is 2.14. The van der Waals surface area contributed by atoms with Gasteiger partial charge >= 0.3 is 0 Å². The molecule has 0 aliphatic carbocycles. The highest BCUT2D eigenvalue weighted by Gasteiger charge is 2.39. The van der Waals surface area contributed by atoms with E-state index in [0.29, 0.717) is 10.0 Å². The van der Waals surface area contributed by atoms with Crippen molar-refractivity contribution in [2.24, 2.45) is 0 Å². The van der Waals surface area contributed by atoms with Crippen LogP contribution in [0.5, 0.6) is 0 Å². The first-order chi connectivity index (χ1) is 12.2. The van der Waals surface area contributed by atoms with Gasteiger partial charge in [-0.25, -0.2) is 4.98 Å². The molecule has 1 atom stereocenters. The fourth-order valence-electron chi connectivity index (χ4n) is 3.85. The molecule has 128 valence electrons. The third-order valence-corrected chi connectivity index (χ3v) is 5.53. The lowest BCUT2D eigenvalue weighted by Gasteiger charge is -2.41. The number of nitrogens with zero attached hydrogens (tertiary/aromatic N) is 5. The Morgan fingerprint density at radius 1 is 1.20 bits per heavy atom. The lowest BCUT2D eigenvalue weighted by atomic mass is 10.2. The van der Waals surface area contributed by atoms with Crippen LogP contribution in [0.2, 0.25) is 10.0 Å². The van der Waals surface area contributed by atoms with Crippen molar-refractivity contribution in [1.29, 1.82) is 0 Å². The quantitative estimate of drug-likeness (QED) is 0.789. The highest BCUT2D eigenvalue weighted by molar-refractivity contribution is 6.35. The Kier molecular flexibility index (Phi) is 3.47. The summed E-state index contributed by atoms with van der Waals surface area (Å²) in [5, 5.41) is 1.39. The fraction of sp³-hybridized carbons (Fsp3) is 0.278. The lowest BCUT2D eigenvalue weighted by molar-refractivity contribution is 0.110. The van der Waals surface area contributed by atoms with Gasteiger partial charge in [0.05, 0.1) is 17.4 Å². The second-order valence-electron chi connectivity index (χ2n) is 6.49.